The summed E-state index contributed by atoms with van der Waals surface area (Å²) in [4.78, 5) is 4.75. The maximum absolute atomic E-state index is 2.42. The van der Waals surface area contributed by atoms with E-state index in [1.54, 1.807) is 0 Å². The maximum Gasteiger partial charge on any atom is 0.0468 e. The average Bonchev–Trinajstić information content (AvgIpc) is 3.58. The Labute approximate surface area is 377 Å². The van der Waals surface area contributed by atoms with E-state index >= 15 is 0 Å². The summed E-state index contributed by atoms with van der Waals surface area (Å²) in [6.07, 6.45) is 0. The van der Waals surface area contributed by atoms with Gasteiger partial charge >= 0.3 is 0 Å². The predicted molar refractivity (Wildman–Crippen MR) is 272 cm³/mol. The van der Waals surface area contributed by atoms with Crippen LogP contribution in [0.5, 0.6) is 0 Å². The fourth-order valence-corrected chi connectivity index (χ4v) is 9.62. The molecule has 0 saturated carbocycles. The summed E-state index contributed by atoms with van der Waals surface area (Å²) >= 11 is 0. The number of nitrogens with zero attached hydrogens (tertiary/aromatic N) is 2. The fraction of sp³-hybridized carbons (Fsp3) is 0.0645. The Balaban J connectivity index is 0.925. The van der Waals surface area contributed by atoms with Crippen LogP contribution in [0.15, 0.2) is 237 Å². The first kappa shape index (κ1) is 38.9. The van der Waals surface area contributed by atoms with Crippen molar-refractivity contribution in [3.8, 4) is 44.5 Å². The first-order chi connectivity index (χ1) is 31.4. The minimum absolute atomic E-state index is 0.201. The lowest BCUT2D eigenvalue weighted by Crippen LogP contribution is -2.16. The highest BCUT2D eigenvalue weighted by Gasteiger charge is 2.36. The monoisotopic (exact) mass is 820 g/mol. The van der Waals surface area contributed by atoms with E-state index in [4.69, 9.17) is 0 Å². The van der Waals surface area contributed by atoms with Gasteiger partial charge in [0, 0.05) is 39.5 Å². The largest absolute Gasteiger partial charge is 0.311 e. The van der Waals surface area contributed by atoms with Crippen LogP contribution < -0.4 is 9.80 Å². The molecule has 0 aromatic heterocycles. The lowest BCUT2D eigenvalue weighted by molar-refractivity contribution is 0.660. The molecule has 0 spiro atoms. The minimum atomic E-state index is -0.201. The Kier molecular flexibility index (Phi) is 9.78. The molecule has 10 aromatic rings. The van der Waals surface area contributed by atoms with Crippen molar-refractivity contribution < 1.29 is 0 Å². The number of rotatable bonds is 9. The van der Waals surface area contributed by atoms with Crippen molar-refractivity contribution in [1.29, 1.82) is 0 Å². The molecule has 0 saturated heterocycles. The maximum atomic E-state index is 2.42. The molecule has 1 aliphatic carbocycles. The quantitative estimate of drug-likeness (QED) is 0.143. The molecule has 10 aromatic carbocycles. The smallest absolute Gasteiger partial charge is 0.0468 e. The molecule has 0 radical (unpaired) electrons. The molecule has 0 atom stereocenters. The summed E-state index contributed by atoms with van der Waals surface area (Å²) in [7, 11) is 0. The summed E-state index contributed by atoms with van der Waals surface area (Å²) < 4.78 is 0. The second kappa shape index (κ2) is 16.1. The molecule has 0 fully saturated rings. The number of benzene rings is 10. The lowest BCUT2D eigenvalue weighted by atomic mass is 9.81. The Hall–Kier alpha value is -7.94. The van der Waals surface area contributed by atoms with E-state index < -0.39 is 0 Å². The van der Waals surface area contributed by atoms with Crippen LogP contribution in [0.1, 0.15) is 30.5 Å². The van der Waals surface area contributed by atoms with E-state index in [9.17, 15) is 0 Å². The van der Waals surface area contributed by atoms with Crippen molar-refractivity contribution in [2.45, 2.75) is 26.2 Å². The molecule has 0 N–H and O–H groups in total. The predicted octanol–water partition coefficient (Wildman–Crippen LogP) is 17.4. The van der Waals surface area contributed by atoms with Crippen molar-refractivity contribution in [2.24, 2.45) is 0 Å². The molecule has 0 aliphatic heterocycles. The average molecular weight is 821 g/mol. The standard InChI is InChI=1S/C62H48N2/c1-43-18-28-52(29-19-43)64(56-36-26-46-16-10-11-17-50(46)40-56)57-37-39-59-58-38-27-51(41-60(58)62(2,3)61(59)42-57)49-24-34-55(35-25-49)63(53-30-20-47(21-31-53)44-12-6-4-7-13-44)54-32-22-48(23-33-54)45-14-8-5-9-15-45/h4-42H,1-3H3. The summed E-state index contributed by atoms with van der Waals surface area (Å²) in [5, 5.41) is 2.47. The molecule has 306 valence electrons. The van der Waals surface area contributed by atoms with Crippen molar-refractivity contribution in [3.63, 3.8) is 0 Å². The van der Waals surface area contributed by atoms with Crippen LogP contribution in [-0.4, -0.2) is 0 Å². The van der Waals surface area contributed by atoms with E-state index in [0.29, 0.717) is 0 Å². The van der Waals surface area contributed by atoms with E-state index in [0.717, 1.165) is 34.1 Å². The van der Waals surface area contributed by atoms with Gasteiger partial charge in [-0.1, -0.05) is 177 Å². The van der Waals surface area contributed by atoms with Crippen LogP contribution in [0.25, 0.3) is 55.3 Å². The molecule has 2 heteroatoms. The van der Waals surface area contributed by atoms with E-state index in [2.05, 4.69) is 267 Å². The third-order valence-electron chi connectivity index (χ3n) is 13.1. The second-order valence-electron chi connectivity index (χ2n) is 17.5. The highest BCUT2D eigenvalue weighted by molar-refractivity contribution is 5.91. The van der Waals surface area contributed by atoms with Crippen molar-refractivity contribution >= 4 is 44.9 Å². The van der Waals surface area contributed by atoms with Gasteiger partial charge in [0.15, 0.2) is 0 Å². The van der Waals surface area contributed by atoms with Crippen LogP contribution >= 0.6 is 0 Å². The zero-order valence-corrected chi connectivity index (χ0v) is 36.4. The molecule has 11 rings (SSSR count). The van der Waals surface area contributed by atoms with Gasteiger partial charge in [-0.2, -0.15) is 0 Å². The third kappa shape index (κ3) is 7.13. The number of hydrogen-bond acceptors (Lipinski definition) is 2. The van der Waals surface area contributed by atoms with Crippen LogP contribution in [0.4, 0.5) is 34.1 Å². The molecular formula is C62H48N2. The summed E-state index contributed by atoms with van der Waals surface area (Å²) in [6, 6.07) is 86.4. The van der Waals surface area contributed by atoms with Gasteiger partial charge in [0.25, 0.3) is 0 Å². The van der Waals surface area contributed by atoms with Crippen LogP contribution in [-0.2, 0) is 5.41 Å². The second-order valence-corrected chi connectivity index (χ2v) is 17.5. The lowest BCUT2D eigenvalue weighted by Gasteiger charge is -2.28. The van der Waals surface area contributed by atoms with Gasteiger partial charge in [-0.05, 0) is 152 Å². The van der Waals surface area contributed by atoms with E-state index in [-0.39, 0.29) is 5.41 Å². The summed E-state index contributed by atoms with van der Waals surface area (Å²) in [5.41, 5.74) is 20.4. The third-order valence-corrected chi connectivity index (χ3v) is 13.1. The van der Waals surface area contributed by atoms with Crippen LogP contribution in [0.2, 0.25) is 0 Å². The van der Waals surface area contributed by atoms with E-state index in [1.807, 2.05) is 0 Å². The number of hydrogen-bond donors (Lipinski definition) is 0. The molecule has 1 aliphatic rings. The Bertz CT molecular complexity index is 3180. The SMILES string of the molecule is Cc1ccc(N(c2ccc3c(c2)C(C)(C)c2cc(-c4ccc(N(c5ccc(-c6ccccc6)cc5)c5ccc(-c6ccccc6)cc5)cc4)ccc2-3)c2ccc3ccccc3c2)cc1. The molecule has 64 heavy (non-hydrogen) atoms. The highest BCUT2D eigenvalue weighted by Crippen LogP contribution is 2.52. The summed E-state index contributed by atoms with van der Waals surface area (Å²) in [6.45, 7) is 6.91. The van der Waals surface area contributed by atoms with Crippen LogP contribution in [0, 0.1) is 6.92 Å². The van der Waals surface area contributed by atoms with E-state index in [1.165, 1.54) is 72.0 Å². The topological polar surface area (TPSA) is 6.48 Å². The highest BCUT2D eigenvalue weighted by atomic mass is 15.1. The molecule has 0 unspecified atom stereocenters. The number of aryl methyl sites for hydroxylation is 1. The molecule has 0 heterocycles. The molecular weight excluding hydrogens is 773 g/mol. The van der Waals surface area contributed by atoms with Gasteiger partial charge < -0.3 is 9.80 Å². The van der Waals surface area contributed by atoms with Gasteiger partial charge in [-0.25, -0.2) is 0 Å². The zero-order chi connectivity index (χ0) is 43.2. The minimum Gasteiger partial charge on any atom is -0.311 e. The molecule has 0 bridgehead atoms. The molecule has 2 nitrogen and oxygen atoms in total. The molecule has 0 amide bonds. The van der Waals surface area contributed by atoms with Crippen molar-refractivity contribution in [2.75, 3.05) is 9.80 Å². The Morgan fingerprint density at radius 2 is 0.641 bits per heavy atom. The zero-order valence-electron chi connectivity index (χ0n) is 36.4. The summed E-state index contributed by atoms with van der Waals surface area (Å²) in [5.74, 6) is 0. The van der Waals surface area contributed by atoms with Crippen molar-refractivity contribution in [3.05, 3.63) is 253 Å². The Morgan fingerprint density at radius 3 is 1.19 bits per heavy atom. The number of anilines is 6. The van der Waals surface area contributed by atoms with Gasteiger partial charge in [0.2, 0.25) is 0 Å². The van der Waals surface area contributed by atoms with Crippen molar-refractivity contribution in [1.82, 2.24) is 0 Å². The van der Waals surface area contributed by atoms with Gasteiger partial charge in [-0.3, -0.25) is 0 Å². The normalized spacial score (nSPS) is 12.4. The van der Waals surface area contributed by atoms with Gasteiger partial charge in [0.1, 0.15) is 0 Å². The number of fused-ring (bicyclic) bond motifs is 4. The van der Waals surface area contributed by atoms with Gasteiger partial charge in [-0.15, -0.1) is 0 Å². The Morgan fingerprint density at radius 1 is 0.281 bits per heavy atom. The fourth-order valence-electron chi connectivity index (χ4n) is 9.62. The first-order valence-electron chi connectivity index (χ1n) is 22.2. The van der Waals surface area contributed by atoms with Crippen LogP contribution in [0.3, 0.4) is 0 Å². The van der Waals surface area contributed by atoms with Gasteiger partial charge in [0.05, 0.1) is 0 Å². The first-order valence-corrected chi connectivity index (χ1v) is 22.2.